The molecule has 4 aliphatic rings. The zero-order chi connectivity index (χ0) is 44.1. The minimum absolute atomic E-state index is 0.00846. The Morgan fingerprint density at radius 2 is 1.67 bits per heavy atom. The van der Waals surface area contributed by atoms with Crippen molar-refractivity contribution in [3.63, 3.8) is 0 Å². The van der Waals surface area contributed by atoms with E-state index >= 15 is 4.79 Å². The van der Waals surface area contributed by atoms with Gasteiger partial charge in [0.05, 0.1) is 35.9 Å². The molecule has 2 heterocycles. The van der Waals surface area contributed by atoms with E-state index in [1.165, 1.54) is 44.4 Å². The first-order valence-corrected chi connectivity index (χ1v) is 20.8. The van der Waals surface area contributed by atoms with Gasteiger partial charge in [-0.25, -0.2) is 9.59 Å². The van der Waals surface area contributed by atoms with Gasteiger partial charge in [-0.3, -0.25) is 19.2 Å². The summed E-state index contributed by atoms with van der Waals surface area (Å²) in [4.78, 5) is 82.6. The minimum Gasteiger partial charge on any atom is -0.467 e. The molecule has 1 aliphatic heterocycles. The molecule has 2 bridgehead atoms. The fourth-order valence-electron chi connectivity index (χ4n) is 9.55. The van der Waals surface area contributed by atoms with Crippen molar-refractivity contribution in [3.8, 4) is 0 Å². The summed E-state index contributed by atoms with van der Waals surface area (Å²) in [6, 6.07) is 9.37. The number of thioether (sulfide) groups is 1. The Hall–Kier alpha value is -4.55. The lowest BCUT2D eigenvalue weighted by Gasteiger charge is -2.67. The smallest absolute Gasteiger partial charge is 0.338 e. The largest absolute Gasteiger partial charge is 0.467 e. The maximum atomic E-state index is 15.4. The van der Waals surface area contributed by atoms with Gasteiger partial charge < -0.3 is 48.7 Å². The minimum atomic E-state index is -2.39. The highest BCUT2D eigenvalue weighted by atomic mass is 32.2. The van der Waals surface area contributed by atoms with Gasteiger partial charge in [-0.05, 0) is 55.2 Å². The molecule has 3 fully saturated rings. The summed E-state index contributed by atoms with van der Waals surface area (Å²) in [6.07, 6.45) is -9.25. The molecule has 2 unspecified atom stereocenters. The first kappa shape index (κ1) is 45.0. The lowest BCUT2D eigenvalue weighted by molar-refractivity contribution is -0.346. The fraction of sp³-hybridized carbons (Fsp3) is 0.581. The summed E-state index contributed by atoms with van der Waals surface area (Å²) < 4.78 is 35.6. The van der Waals surface area contributed by atoms with Crippen LogP contribution in [-0.2, 0) is 42.9 Å². The van der Waals surface area contributed by atoms with Gasteiger partial charge in [0.15, 0.2) is 23.6 Å². The number of hydrogen-bond acceptors (Lipinski definition) is 16. The Labute approximate surface area is 351 Å². The molecule has 326 valence electrons. The van der Waals surface area contributed by atoms with E-state index in [4.69, 9.17) is 28.1 Å². The predicted molar refractivity (Wildman–Crippen MR) is 212 cm³/mol. The maximum Gasteiger partial charge on any atom is 0.338 e. The normalized spacial score (nSPS) is 32.8. The van der Waals surface area contributed by atoms with Crippen molar-refractivity contribution in [3.05, 3.63) is 71.2 Å². The number of fused-ring (bicyclic) bond motifs is 5. The Kier molecular flexibility index (Phi) is 12.5. The van der Waals surface area contributed by atoms with E-state index in [9.17, 15) is 39.3 Å². The standard InChI is InChI=1S/C43H53NO15S/c1-21(2)19-60-39(52)44-31(26-15-12-16-54-26)32(48)38(51)57-27-18-43(53)36(58-37(50)25-13-10-9-11-14-25)34-41(8,28(47)17-29-42(34,20-55-29)59-24(5)46)35(49)33(56-23(4)45)30(22(27)3)40(43,6)7/h9-16,21,27-29,31-34,36,47-48,53H,17-20H2,1-8H3,(H,44,52)/t27-,28-,29+,31-,32+,33+,34?,36?,41+,42-,43+/m0/s1. The Morgan fingerprint density at radius 3 is 2.23 bits per heavy atom. The van der Waals surface area contributed by atoms with Crippen molar-refractivity contribution >= 4 is 46.7 Å². The van der Waals surface area contributed by atoms with Crippen LogP contribution in [0.2, 0.25) is 0 Å². The molecule has 1 amide bonds. The highest BCUT2D eigenvalue weighted by Crippen LogP contribution is 2.64. The van der Waals surface area contributed by atoms with Crippen molar-refractivity contribution in [2.75, 3.05) is 12.4 Å². The fourth-order valence-corrected chi connectivity index (χ4v) is 10.2. The molecule has 1 saturated heterocycles. The van der Waals surface area contributed by atoms with Crippen LogP contribution in [0, 0.1) is 22.7 Å². The molecule has 60 heavy (non-hydrogen) atoms. The molecule has 17 heteroatoms. The van der Waals surface area contributed by atoms with Crippen LogP contribution in [0.3, 0.4) is 0 Å². The van der Waals surface area contributed by atoms with Gasteiger partial charge in [0, 0.05) is 37.9 Å². The molecule has 1 aromatic carbocycles. The van der Waals surface area contributed by atoms with Crippen LogP contribution in [0.1, 0.15) is 90.4 Å². The van der Waals surface area contributed by atoms with Crippen LogP contribution in [-0.4, -0.2) is 110 Å². The summed E-state index contributed by atoms with van der Waals surface area (Å²) in [5, 5.41) is 39.3. The molecule has 3 aliphatic carbocycles. The number of esters is 4. The van der Waals surface area contributed by atoms with E-state index in [0.29, 0.717) is 5.75 Å². The number of rotatable bonds is 11. The van der Waals surface area contributed by atoms with Crippen LogP contribution in [0.15, 0.2) is 64.3 Å². The average molecular weight is 856 g/mol. The molecule has 0 radical (unpaired) electrons. The van der Waals surface area contributed by atoms with Gasteiger partial charge in [0.25, 0.3) is 5.24 Å². The number of hydrogen-bond donors (Lipinski definition) is 4. The second kappa shape index (κ2) is 16.7. The number of ketones is 1. The molecular formula is C43H53NO15S. The number of furan rings is 1. The second-order valence-electron chi connectivity index (χ2n) is 17.3. The highest BCUT2D eigenvalue weighted by molar-refractivity contribution is 8.13. The number of carbonyl (C=O) groups excluding carboxylic acids is 6. The average Bonchev–Trinajstić information content (AvgIpc) is 3.72. The number of carbonyl (C=O) groups is 6. The summed E-state index contributed by atoms with van der Waals surface area (Å²) in [5.41, 5.74) is -7.65. The van der Waals surface area contributed by atoms with E-state index in [1.807, 2.05) is 13.8 Å². The van der Waals surface area contributed by atoms with E-state index in [0.717, 1.165) is 25.6 Å². The van der Waals surface area contributed by atoms with Gasteiger partial charge in [-0.1, -0.05) is 57.7 Å². The van der Waals surface area contributed by atoms with Gasteiger partial charge in [-0.15, -0.1) is 0 Å². The molecule has 2 saturated carbocycles. The van der Waals surface area contributed by atoms with Crippen molar-refractivity contribution in [1.82, 2.24) is 5.32 Å². The van der Waals surface area contributed by atoms with E-state index in [2.05, 4.69) is 5.32 Å². The number of ether oxygens (including phenoxy) is 5. The molecule has 6 rings (SSSR count). The number of benzene rings is 1. The Balaban J connectivity index is 1.52. The Bertz CT molecular complexity index is 2030. The van der Waals surface area contributed by atoms with Crippen LogP contribution in [0.4, 0.5) is 4.79 Å². The molecule has 0 spiro atoms. The van der Waals surface area contributed by atoms with Gasteiger partial charge in [-0.2, -0.15) is 0 Å². The Morgan fingerprint density at radius 1 is 0.983 bits per heavy atom. The first-order chi connectivity index (χ1) is 28.1. The SMILES string of the molecule is CC(=O)O[C@H]1C(=O)[C@@]2(C)C(C(OC(=O)c3ccccc3)[C@]3(O)C[C@H](OC(=O)[C@H](O)[C@@H](NC(=O)SCC(C)C)c4ccco4)C(C)=C1C3(C)C)[C@]1(OC(C)=O)CO[C@@H]1C[C@@H]2O. The van der Waals surface area contributed by atoms with Crippen LogP contribution < -0.4 is 5.32 Å². The monoisotopic (exact) mass is 855 g/mol. The zero-order valence-electron chi connectivity index (χ0n) is 34.8. The number of nitrogens with one attached hydrogen (secondary N) is 1. The van der Waals surface area contributed by atoms with Crippen LogP contribution in [0.25, 0.3) is 0 Å². The molecule has 4 N–H and O–H groups in total. The highest BCUT2D eigenvalue weighted by Gasteiger charge is 2.78. The van der Waals surface area contributed by atoms with E-state index in [1.54, 1.807) is 32.0 Å². The quantitative estimate of drug-likeness (QED) is 0.142. The molecule has 1 aromatic heterocycles. The third-order valence-corrected chi connectivity index (χ3v) is 13.9. The first-order valence-electron chi connectivity index (χ1n) is 19.9. The van der Waals surface area contributed by atoms with Crippen molar-refractivity contribution in [2.24, 2.45) is 22.7 Å². The lowest BCUT2D eigenvalue weighted by atomic mass is 9.44. The van der Waals surface area contributed by atoms with Gasteiger partial charge in [0.1, 0.15) is 35.7 Å². The van der Waals surface area contributed by atoms with Crippen molar-refractivity contribution in [1.29, 1.82) is 0 Å². The van der Waals surface area contributed by atoms with E-state index < -0.39 is 112 Å². The molecule has 11 atom stereocenters. The maximum absolute atomic E-state index is 15.4. The molecule has 16 nitrogen and oxygen atoms in total. The van der Waals surface area contributed by atoms with Crippen LogP contribution in [0.5, 0.6) is 0 Å². The number of aliphatic hydroxyl groups excluding tert-OH is 2. The number of aliphatic hydroxyl groups is 3. The van der Waals surface area contributed by atoms with Crippen molar-refractivity contribution < 1.29 is 72.2 Å². The lowest BCUT2D eigenvalue weighted by Crippen LogP contribution is -2.82. The third kappa shape index (κ3) is 7.67. The summed E-state index contributed by atoms with van der Waals surface area (Å²) >= 11 is 0.947. The number of Topliss-reactive ketones (excluding diaryl/α,β-unsaturated/α-hetero) is 1. The van der Waals surface area contributed by atoms with Crippen molar-refractivity contribution in [2.45, 2.75) is 122 Å². The topological polar surface area (TPSA) is 234 Å². The summed E-state index contributed by atoms with van der Waals surface area (Å²) in [6.45, 7) is 11.8. The van der Waals surface area contributed by atoms with Gasteiger partial charge in [0.2, 0.25) is 0 Å². The molecule has 2 aromatic rings. The zero-order valence-corrected chi connectivity index (χ0v) is 35.6. The van der Waals surface area contributed by atoms with Gasteiger partial charge >= 0.3 is 23.9 Å². The third-order valence-electron chi connectivity index (χ3n) is 12.7. The summed E-state index contributed by atoms with van der Waals surface area (Å²) in [5.74, 6) is -5.64. The molecular weight excluding hydrogens is 803 g/mol. The van der Waals surface area contributed by atoms with Crippen LogP contribution >= 0.6 is 11.8 Å². The van der Waals surface area contributed by atoms with E-state index in [-0.39, 0.29) is 41.4 Å². The number of amides is 1. The predicted octanol–water partition coefficient (Wildman–Crippen LogP) is 4.00. The second-order valence-corrected chi connectivity index (χ2v) is 18.2. The summed E-state index contributed by atoms with van der Waals surface area (Å²) in [7, 11) is 0.